The molecule has 0 aliphatic heterocycles. The maximum absolute atomic E-state index is 11.9. The molecule has 1 aliphatic carbocycles. The van der Waals surface area contributed by atoms with E-state index in [-0.39, 0.29) is 5.91 Å². The molecule has 2 N–H and O–H groups in total. The van der Waals surface area contributed by atoms with E-state index >= 15 is 0 Å². The highest BCUT2D eigenvalue weighted by molar-refractivity contribution is 5.76. The van der Waals surface area contributed by atoms with Crippen LogP contribution in [0.25, 0.3) is 11.3 Å². The van der Waals surface area contributed by atoms with Gasteiger partial charge in [-0.1, -0.05) is 43.2 Å². The quantitative estimate of drug-likeness (QED) is 0.859. The van der Waals surface area contributed by atoms with Crippen LogP contribution in [0.3, 0.4) is 0 Å². The number of rotatable bonds is 6. The lowest BCUT2D eigenvalue weighted by molar-refractivity contribution is -0.122. The molecule has 122 valence electrons. The molecule has 0 radical (unpaired) electrons. The first-order chi connectivity index (χ1) is 11.1. The number of carbonyl (C=O) groups is 1. The molecule has 2 aromatic rings. The van der Waals surface area contributed by atoms with E-state index in [1.165, 1.54) is 0 Å². The van der Waals surface area contributed by atoms with Crippen molar-refractivity contribution in [1.29, 1.82) is 0 Å². The Morgan fingerprint density at radius 2 is 2.00 bits per heavy atom. The molecule has 1 heterocycles. The molecular formula is C18H22N2O3. The normalized spacial score (nSPS) is 16.4. The van der Waals surface area contributed by atoms with Crippen LogP contribution in [0.2, 0.25) is 0 Å². The molecule has 5 nitrogen and oxygen atoms in total. The van der Waals surface area contributed by atoms with Crippen molar-refractivity contribution in [2.75, 3.05) is 6.54 Å². The van der Waals surface area contributed by atoms with Gasteiger partial charge in [0.1, 0.15) is 0 Å². The molecule has 1 fully saturated rings. The highest BCUT2D eigenvalue weighted by atomic mass is 16.4. The van der Waals surface area contributed by atoms with E-state index in [4.69, 9.17) is 4.42 Å². The fourth-order valence-electron chi connectivity index (χ4n) is 2.94. The van der Waals surface area contributed by atoms with Crippen molar-refractivity contribution in [2.45, 2.75) is 44.1 Å². The van der Waals surface area contributed by atoms with Crippen LogP contribution in [-0.4, -0.2) is 28.1 Å². The Labute approximate surface area is 135 Å². The standard InChI is InChI=1S/C18H22N2O3/c21-16(20-13-18(22)10-4-5-11-18)8-9-17-19-12-15(23-17)14-6-2-1-3-7-14/h1-3,6-7,12,22H,4-5,8-11,13H2,(H,20,21). The number of aryl methyl sites for hydroxylation is 1. The number of oxazole rings is 1. The molecule has 1 amide bonds. The summed E-state index contributed by atoms with van der Waals surface area (Å²) in [6.45, 7) is 0.340. The van der Waals surface area contributed by atoms with Crippen molar-refractivity contribution in [3.63, 3.8) is 0 Å². The van der Waals surface area contributed by atoms with E-state index in [2.05, 4.69) is 10.3 Å². The Hall–Kier alpha value is -2.14. The van der Waals surface area contributed by atoms with Crippen molar-refractivity contribution in [3.05, 3.63) is 42.4 Å². The van der Waals surface area contributed by atoms with Crippen LogP contribution in [0.15, 0.2) is 40.9 Å². The summed E-state index contributed by atoms with van der Waals surface area (Å²) in [5, 5.41) is 13.0. The van der Waals surface area contributed by atoms with Gasteiger partial charge in [0.2, 0.25) is 5.91 Å². The third-order valence-corrected chi connectivity index (χ3v) is 4.33. The molecule has 0 unspecified atom stereocenters. The minimum absolute atomic E-state index is 0.0789. The van der Waals surface area contributed by atoms with E-state index in [1.807, 2.05) is 30.3 Å². The molecule has 0 atom stereocenters. The number of benzene rings is 1. The first kappa shape index (κ1) is 15.7. The number of amides is 1. The minimum Gasteiger partial charge on any atom is -0.441 e. The van der Waals surface area contributed by atoms with Crippen molar-refractivity contribution in [3.8, 4) is 11.3 Å². The molecule has 1 aromatic carbocycles. The second-order valence-electron chi connectivity index (χ2n) is 6.19. The van der Waals surface area contributed by atoms with Gasteiger partial charge in [-0.3, -0.25) is 4.79 Å². The number of carbonyl (C=O) groups excluding carboxylic acids is 1. The summed E-state index contributed by atoms with van der Waals surface area (Å²) in [7, 11) is 0. The number of hydrogen-bond acceptors (Lipinski definition) is 4. The second-order valence-corrected chi connectivity index (χ2v) is 6.19. The third-order valence-electron chi connectivity index (χ3n) is 4.33. The van der Waals surface area contributed by atoms with Gasteiger partial charge < -0.3 is 14.8 Å². The summed E-state index contributed by atoms with van der Waals surface area (Å²) in [6, 6.07) is 9.75. The van der Waals surface area contributed by atoms with Crippen LogP contribution in [0.4, 0.5) is 0 Å². The van der Waals surface area contributed by atoms with Crippen molar-refractivity contribution in [2.24, 2.45) is 0 Å². The molecule has 1 aromatic heterocycles. The minimum atomic E-state index is -0.709. The first-order valence-corrected chi connectivity index (χ1v) is 8.14. The molecule has 3 rings (SSSR count). The van der Waals surface area contributed by atoms with Crippen LogP contribution in [0, 0.1) is 0 Å². The molecule has 23 heavy (non-hydrogen) atoms. The number of nitrogens with zero attached hydrogens (tertiary/aromatic N) is 1. The topological polar surface area (TPSA) is 75.4 Å². The Morgan fingerprint density at radius 1 is 1.26 bits per heavy atom. The van der Waals surface area contributed by atoms with Gasteiger partial charge in [0.05, 0.1) is 11.8 Å². The maximum atomic E-state index is 11.9. The molecule has 5 heteroatoms. The molecule has 1 saturated carbocycles. The van der Waals surface area contributed by atoms with E-state index in [9.17, 15) is 9.90 Å². The predicted octanol–water partition coefficient (Wildman–Crippen LogP) is 2.70. The molecule has 0 spiro atoms. The predicted molar refractivity (Wildman–Crippen MR) is 86.7 cm³/mol. The zero-order valence-corrected chi connectivity index (χ0v) is 13.1. The first-order valence-electron chi connectivity index (χ1n) is 8.14. The lowest BCUT2D eigenvalue weighted by Gasteiger charge is -2.22. The summed E-state index contributed by atoms with van der Waals surface area (Å²) in [6.07, 6.45) is 6.06. The monoisotopic (exact) mass is 314 g/mol. The largest absolute Gasteiger partial charge is 0.441 e. The Kier molecular flexibility index (Phi) is 4.76. The number of aromatic nitrogens is 1. The number of aliphatic hydroxyl groups is 1. The number of hydrogen-bond donors (Lipinski definition) is 2. The van der Waals surface area contributed by atoms with Gasteiger partial charge in [-0.15, -0.1) is 0 Å². The molecule has 0 saturated heterocycles. The second kappa shape index (κ2) is 6.96. The lowest BCUT2D eigenvalue weighted by atomic mass is 10.0. The van der Waals surface area contributed by atoms with Crippen molar-refractivity contribution >= 4 is 5.91 Å². The average Bonchev–Trinajstić information content (AvgIpc) is 3.22. The highest BCUT2D eigenvalue weighted by Gasteiger charge is 2.31. The summed E-state index contributed by atoms with van der Waals surface area (Å²) in [5.41, 5.74) is 0.262. The smallest absolute Gasteiger partial charge is 0.220 e. The van der Waals surface area contributed by atoms with Gasteiger partial charge in [0.15, 0.2) is 11.7 Å². The Balaban J connectivity index is 1.47. The zero-order valence-electron chi connectivity index (χ0n) is 13.1. The summed E-state index contributed by atoms with van der Waals surface area (Å²) >= 11 is 0. The van der Waals surface area contributed by atoms with Gasteiger partial charge in [-0.2, -0.15) is 0 Å². The molecule has 1 aliphatic rings. The van der Waals surface area contributed by atoms with Crippen LogP contribution >= 0.6 is 0 Å². The number of nitrogens with one attached hydrogen (secondary N) is 1. The molecular weight excluding hydrogens is 292 g/mol. The van der Waals surface area contributed by atoms with Crippen LogP contribution in [0.1, 0.15) is 38.0 Å². The van der Waals surface area contributed by atoms with Gasteiger partial charge >= 0.3 is 0 Å². The molecule has 0 bridgehead atoms. The highest BCUT2D eigenvalue weighted by Crippen LogP contribution is 2.28. The fraction of sp³-hybridized carbons (Fsp3) is 0.444. The Bertz CT molecular complexity index is 645. The van der Waals surface area contributed by atoms with Crippen molar-refractivity contribution < 1.29 is 14.3 Å². The average molecular weight is 314 g/mol. The summed E-state index contributed by atoms with van der Waals surface area (Å²) in [5.74, 6) is 1.18. The Morgan fingerprint density at radius 3 is 2.74 bits per heavy atom. The van der Waals surface area contributed by atoms with Gasteiger partial charge in [-0.05, 0) is 12.8 Å². The van der Waals surface area contributed by atoms with E-state index in [0.717, 1.165) is 31.2 Å². The van der Waals surface area contributed by atoms with Gasteiger partial charge in [-0.25, -0.2) is 4.98 Å². The third kappa shape index (κ3) is 4.20. The lowest BCUT2D eigenvalue weighted by Crippen LogP contribution is -2.40. The summed E-state index contributed by atoms with van der Waals surface area (Å²) < 4.78 is 5.68. The zero-order chi connectivity index (χ0) is 16.1. The maximum Gasteiger partial charge on any atom is 0.220 e. The van der Waals surface area contributed by atoms with Crippen LogP contribution < -0.4 is 5.32 Å². The van der Waals surface area contributed by atoms with Gasteiger partial charge in [0.25, 0.3) is 0 Å². The fourth-order valence-corrected chi connectivity index (χ4v) is 2.94. The van der Waals surface area contributed by atoms with E-state index < -0.39 is 5.60 Å². The van der Waals surface area contributed by atoms with Gasteiger partial charge in [0, 0.05) is 24.9 Å². The van der Waals surface area contributed by atoms with E-state index in [0.29, 0.717) is 31.0 Å². The van der Waals surface area contributed by atoms with Crippen LogP contribution in [0.5, 0.6) is 0 Å². The van der Waals surface area contributed by atoms with E-state index in [1.54, 1.807) is 6.20 Å². The van der Waals surface area contributed by atoms with Crippen molar-refractivity contribution in [1.82, 2.24) is 10.3 Å². The summed E-state index contributed by atoms with van der Waals surface area (Å²) in [4.78, 5) is 16.1. The van der Waals surface area contributed by atoms with Crippen LogP contribution in [-0.2, 0) is 11.2 Å². The SMILES string of the molecule is O=C(CCc1ncc(-c2ccccc2)o1)NCC1(O)CCCC1.